The van der Waals surface area contributed by atoms with Gasteiger partial charge in [0.2, 0.25) is 20.8 Å². The molecule has 1 aromatic carbocycles. The number of hydrogen-bond acceptors (Lipinski definition) is 7. The SMILES string of the molecule is CN1CC(C)(C)CN(C)P1(=O)C(c1nc(OCCC2Oc3ccccc3NC2=O)cs1)P1(=O)N(C)CC(C)(C)CN1C. The van der Waals surface area contributed by atoms with Crippen molar-refractivity contribution in [1.82, 2.24) is 23.7 Å². The molecule has 1 amide bonds. The van der Waals surface area contributed by atoms with Crippen LogP contribution in [0.4, 0.5) is 5.69 Å². The third kappa shape index (κ3) is 5.72. The maximum atomic E-state index is 15.3. The predicted octanol–water partition coefficient (Wildman–Crippen LogP) is 5.50. The summed E-state index contributed by atoms with van der Waals surface area (Å²) in [6.07, 6.45) is -0.354. The summed E-state index contributed by atoms with van der Waals surface area (Å²) in [4.78, 5) is 17.3. The number of aromatic nitrogens is 1. The number of nitrogens with one attached hydrogen (secondary N) is 1. The molecule has 0 aliphatic carbocycles. The van der Waals surface area contributed by atoms with E-state index in [1.54, 1.807) is 11.4 Å². The Morgan fingerprint density at radius 3 is 2.05 bits per heavy atom. The molecule has 2 fully saturated rings. The van der Waals surface area contributed by atoms with Crippen LogP contribution in [0, 0.1) is 10.8 Å². The lowest BCUT2D eigenvalue weighted by molar-refractivity contribution is -0.124. The molecule has 14 heteroatoms. The number of hydrogen-bond donors (Lipinski definition) is 1. The number of benzene rings is 1. The van der Waals surface area contributed by atoms with Crippen molar-refractivity contribution in [2.45, 2.75) is 45.6 Å². The number of thiazole rings is 1. The van der Waals surface area contributed by atoms with Crippen molar-refractivity contribution in [3.8, 4) is 11.6 Å². The standard InChI is InChI=1S/C28H44N6O5P2S/c1-27(2)16-31(5)40(36,32(6)17-27)26(41(37)33(7)18-28(3,4)19-34(41)8)25-30-23(15-42-25)38-14-13-22-24(35)29-20-11-9-10-12-21(20)39-22/h9-12,15,22,26H,13-14,16-19H2,1-8H3,(H,29,35). The van der Waals surface area contributed by atoms with Crippen LogP contribution in [0.3, 0.4) is 0 Å². The molecule has 1 aromatic heterocycles. The lowest BCUT2D eigenvalue weighted by Gasteiger charge is -2.55. The van der Waals surface area contributed by atoms with Crippen molar-refractivity contribution in [1.29, 1.82) is 0 Å². The minimum Gasteiger partial charge on any atom is -0.478 e. The zero-order valence-corrected chi connectivity index (χ0v) is 28.5. The summed E-state index contributed by atoms with van der Waals surface area (Å²) in [6, 6.07) is 7.32. The van der Waals surface area contributed by atoms with Gasteiger partial charge in [0.15, 0.2) is 11.5 Å². The number of amides is 1. The van der Waals surface area contributed by atoms with Gasteiger partial charge < -0.3 is 14.8 Å². The Morgan fingerprint density at radius 1 is 0.976 bits per heavy atom. The molecule has 11 nitrogen and oxygen atoms in total. The fourth-order valence-corrected chi connectivity index (χ4v) is 17.8. The Hall–Kier alpha value is -1.78. The van der Waals surface area contributed by atoms with Crippen LogP contribution in [0.15, 0.2) is 29.6 Å². The molecule has 4 heterocycles. The van der Waals surface area contributed by atoms with Gasteiger partial charge in [-0.1, -0.05) is 39.8 Å². The molecule has 0 bridgehead atoms. The highest BCUT2D eigenvalue weighted by atomic mass is 32.1. The first-order chi connectivity index (χ1) is 19.6. The molecule has 1 atom stereocenters. The molecule has 1 N–H and O–H groups in total. The summed E-state index contributed by atoms with van der Waals surface area (Å²) in [6.45, 7) is 11.3. The van der Waals surface area contributed by atoms with Gasteiger partial charge in [0, 0.05) is 32.6 Å². The summed E-state index contributed by atoms with van der Waals surface area (Å²) < 4.78 is 50.1. The molecule has 0 radical (unpaired) electrons. The monoisotopic (exact) mass is 638 g/mol. The maximum Gasteiger partial charge on any atom is 0.265 e. The van der Waals surface area contributed by atoms with Gasteiger partial charge in [-0.15, -0.1) is 11.3 Å². The van der Waals surface area contributed by atoms with E-state index < -0.39 is 26.4 Å². The first-order valence-corrected chi connectivity index (χ1v) is 18.5. The molecule has 2 aromatic rings. The molecule has 3 aliphatic heterocycles. The van der Waals surface area contributed by atoms with E-state index in [0.717, 1.165) is 0 Å². The highest BCUT2D eigenvalue weighted by Crippen LogP contribution is 2.82. The van der Waals surface area contributed by atoms with Gasteiger partial charge in [-0.3, -0.25) is 13.9 Å². The lowest BCUT2D eigenvalue weighted by Crippen LogP contribution is -2.51. The van der Waals surface area contributed by atoms with E-state index in [1.165, 1.54) is 11.3 Å². The van der Waals surface area contributed by atoms with Crippen molar-refractivity contribution in [2.24, 2.45) is 10.8 Å². The fourth-order valence-electron chi connectivity index (χ4n) is 6.75. The first kappa shape index (κ1) is 31.6. The van der Waals surface area contributed by atoms with E-state index in [0.29, 0.717) is 54.9 Å². The molecule has 1 unspecified atom stereocenters. The summed E-state index contributed by atoms with van der Waals surface area (Å²) in [5.41, 5.74) is 0.503. The third-order valence-electron chi connectivity index (χ3n) is 8.28. The van der Waals surface area contributed by atoms with Crippen molar-refractivity contribution in [3.63, 3.8) is 0 Å². The van der Waals surface area contributed by atoms with Crippen LogP contribution in [0.1, 0.15) is 44.5 Å². The zero-order valence-electron chi connectivity index (χ0n) is 25.9. The van der Waals surface area contributed by atoms with Crippen molar-refractivity contribution in [3.05, 3.63) is 34.7 Å². The van der Waals surface area contributed by atoms with Crippen LogP contribution in [0.25, 0.3) is 0 Å². The quantitative estimate of drug-likeness (QED) is 0.391. The van der Waals surface area contributed by atoms with E-state index in [-0.39, 0.29) is 23.3 Å². The average Bonchev–Trinajstić information content (AvgIpc) is 3.33. The highest BCUT2D eigenvalue weighted by Gasteiger charge is 2.61. The maximum absolute atomic E-state index is 15.3. The zero-order chi connectivity index (χ0) is 30.7. The Labute approximate surface area is 253 Å². The summed E-state index contributed by atoms with van der Waals surface area (Å²) in [7, 11) is 0.730. The van der Waals surface area contributed by atoms with Gasteiger partial charge in [0.25, 0.3) is 5.91 Å². The minimum atomic E-state index is -3.39. The third-order valence-corrected chi connectivity index (χ3v) is 17.6. The minimum absolute atomic E-state index is 0.0754. The number of para-hydroxylation sites is 2. The van der Waals surface area contributed by atoms with Gasteiger partial charge in [-0.2, -0.15) is 0 Å². The second kappa shape index (κ2) is 11.3. The Kier molecular flexibility index (Phi) is 8.51. The van der Waals surface area contributed by atoms with E-state index in [2.05, 4.69) is 33.0 Å². The second-order valence-electron chi connectivity index (χ2n) is 13.4. The van der Waals surface area contributed by atoms with E-state index >= 15 is 9.13 Å². The molecule has 42 heavy (non-hydrogen) atoms. The van der Waals surface area contributed by atoms with Crippen LogP contribution >= 0.6 is 26.2 Å². The van der Waals surface area contributed by atoms with Crippen molar-refractivity contribution >= 4 is 37.8 Å². The van der Waals surface area contributed by atoms with Gasteiger partial charge in [-0.25, -0.2) is 23.7 Å². The Balaban J connectivity index is 1.41. The Morgan fingerprint density at radius 2 is 1.50 bits per heavy atom. The van der Waals surface area contributed by atoms with Gasteiger partial charge in [0.05, 0.1) is 17.7 Å². The molecule has 2 saturated heterocycles. The number of ether oxygens (including phenoxy) is 2. The fraction of sp³-hybridized carbons (Fsp3) is 0.643. The van der Waals surface area contributed by atoms with Gasteiger partial charge in [-0.05, 0) is 51.2 Å². The first-order valence-electron chi connectivity index (χ1n) is 14.3. The summed E-state index contributed by atoms with van der Waals surface area (Å²) in [5, 5.41) is 4.35. The average molecular weight is 639 g/mol. The van der Waals surface area contributed by atoms with Crippen molar-refractivity contribution < 1.29 is 23.4 Å². The number of carbonyl (C=O) groups excluding carboxylic acids is 1. The second-order valence-corrected chi connectivity index (χ2v) is 20.8. The summed E-state index contributed by atoms with van der Waals surface area (Å²) >= 11 is 1.33. The highest BCUT2D eigenvalue weighted by molar-refractivity contribution is 7.77. The van der Waals surface area contributed by atoms with Crippen molar-refractivity contribution in [2.75, 3.05) is 66.3 Å². The van der Waals surface area contributed by atoms with Crippen LogP contribution in [-0.2, 0) is 13.9 Å². The molecule has 0 spiro atoms. The predicted molar refractivity (Wildman–Crippen MR) is 168 cm³/mol. The largest absolute Gasteiger partial charge is 0.478 e. The number of nitrogens with zero attached hydrogens (tertiary/aromatic N) is 5. The normalized spacial score (nSPS) is 25.9. The number of anilines is 1. The molecule has 232 valence electrons. The van der Waals surface area contributed by atoms with Crippen LogP contribution in [-0.4, -0.2) is 96.7 Å². The molecular formula is C28H44N6O5P2S. The molecule has 3 aliphatic rings. The smallest absolute Gasteiger partial charge is 0.265 e. The van der Waals surface area contributed by atoms with E-state index in [1.807, 2.05) is 65.1 Å². The number of carbonyl (C=O) groups is 1. The number of fused-ring (bicyclic) bond motifs is 1. The number of rotatable bonds is 7. The lowest BCUT2D eigenvalue weighted by atomic mass is 9.93. The molecule has 5 rings (SSSR count). The van der Waals surface area contributed by atoms with Gasteiger partial charge >= 0.3 is 0 Å². The van der Waals surface area contributed by atoms with Crippen LogP contribution in [0.2, 0.25) is 0 Å². The van der Waals surface area contributed by atoms with Crippen LogP contribution in [0.5, 0.6) is 11.6 Å². The topological polar surface area (TPSA) is 108 Å². The van der Waals surface area contributed by atoms with Crippen LogP contribution < -0.4 is 14.8 Å². The Bertz CT molecular complexity index is 1350. The van der Waals surface area contributed by atoms with E-state index in [4.69, 9.17) is 14.5 Å². The summed E-state index contributed by atoms with van der Waals surface area (Å²) in [5.74, 6) is 0.772. The van der Waals surface area contributed by atoms with Gasteiger partial charge in [0.1, 0.15) is 10.8 Å². The molecular weight excluding hydrogens is 594 g/mol. The van der Waals surface area contributed by atoms with E-state index in [9.17, 15) is 4.79 Å². The molecule has 0 saturated carbocycles.